The van der Waals surface area contributed by atoms with Gasteiger partial charge in [-0.2, -0.15) is 0 Å². The number of benzene rings is 2. The van der Waals surface area contributed by atoms with Crippen LogP contribution in [0, 0.1) is 5.82 Å². The van der Waals surface area contributed by atoms with Gasteiger partial charge in [-0.25, -0.2) is 9.37 Å². The highest BCUT2D eigenvalue weighted by Gasteiger charge is 2.31. The van der Waals surface area contributed by atoms with Crippen LogP contribution < -0.4 is 15.0 Å². The summed E-state index contributed by atoms with van der Waals surface area (Å²) in [5.41, 5.74) is 2.10. The number of nitrogens with zero attached hydrogens (tertiary/aromatic N) is 2. The third kappa shape index (κ3) is 4.12. The maximum Gasteiger partial charge on any atom is 0.267 e. The van der Waals surface area contributed by atoms with Gasteiger partial charge in [-0.3, -0.25) is 9.59 Å². The molecule has 1 aromatic heterocycles. The van der Waals surface area contributed by atoms with E-state index in [0.717, 1.165) is 5.56 Å². The molecule has 2 aromatic carbocycles. The van der Waals surface area contributed by atoms with Crippen molar-refractivity contribution in [3.8, 4) is 17.0 Å². The highest BCUT2D eigenvalue weighted by atomic mass is 32.1. The molecule has 1 atom stereocenters. The van der Waals surface area contributed by atoms with Crippen molar-refractivity contribution in [2.75, 3.05) is 16.8 Å². The minimum atomic E-state index is -0.592. The van der Waals surface area contributed by atoms with Crippen LogP contribution in [0.2, 0.25) is 0 Å². The molecule has 0 bridgehead atoms. The van der Waals surface area contributed by atoms with Gasteiger partial charge in [-0.1, -0.05) is 12.1 Å². The molecule has 0 aliphatic carbocycles. The van der Waals surface area contributed by atoms with Crippen LogP contribution in [-0.2, 0) is 9.59 Å². The lowest BCUT2D eigenvalue weighted by Crippen LogP contribution is -2.45. The number of thiazole rings is 1. The first-order valence-corrected chi connectivity index (χ1v) is 9.97. The molecule has 148 valence electrons. The normalized spacial score (nSPS) is 15.6. The number of rotatable bonds is 5. The van der Waals surface area contributed by atoms with Gasteiger partial charge in [-0.05, 0) is 43.3 Å². The molecule has 3 aromatic rings. The molecule has 1 aliphatic rings. The van der Waals surface area contributed by atoms with Gasteiger partial charge in [0.25, 0.3) is 5.91 Å². The van der Waals surface area contributed by atoms with E-state index in [1.54, 1.807) is 41.5 Å². The topological polar surface area (TPSA) is 71.5 Å². The summed E-state index contributed by atoms with van der Waals surface area (Å²) in [4.78, 5) is 30.8. The molecule has 0 unspecified atom stereocenters. The van der Waals surface area contributed by atoms with Gasteiger partial charge in [0, 0.05) is 23.9 Å². The quantitative estimate of drug-likeness (QED) is 0.686. The molecule has 29 heavy (non-hydrogen) atoms. The maximum absolute atomic E-state index is 13.1. The predicted octanol–water partition coefficient (Wildman–Crippen LogP) is 4.09. The summed E-state index contributed by atoms with van der Waals surface area (Å²) < 4.78 is 18.7. The first-order chi connectivity index (χ1) is 14.0. The monoisotopic (exact) mass is 411 g/mol. The zero-order valence-electron chi connectivity index (χ0n) is 15.6. The molecule has 0 saturated carbocycles. The largest absolute Gasteiger partial charge is 0.479 e. The lowest BCUT2D eigenvalue weighted by molar-refractivity contribution is -0.125. The molecule has 4 rings (SSSR count). The number of para-hydroxylation sites is 2. The molecule has 8 heteroatoms. The SMILES string of the molecule is C[C@@H]1Oc2ccccc2N(CCC(=O)Nc2nc(-c3ccc(F)cc3)cs2)C1=O. The second kappa shape index (κ2) is 8.00. The van der Waals surface area contributed by atoms with Gasteiger partial charge in [-0.15, -0.1) is 11.3 Å². The summed E-state index contributed by atoms with van der Waals surface area (Å²) in [6, 6.07) is 13.3. The van der Waals surface area contributed by atoms with E-state index in [2.05, 4.69) is 10.3 Å². The molecule has 0 radical (unpaired) electrons. The second-order valence-electron chi connectivity index (χ2n) is 6.56. The minimum absolute atomic E-state index is 0.123. The molecule has 2 amide bonds. The van der Waals surface area contributed by atoms with Crippen molar-refractivity contribution in [2.24, 2.45) is 0 Å². The fraction of sp³-hybridized carbons (Fsp3) is 0.190. The van der Waals surface area contributed by atoms with Crippen molar-refractivity contribution in [1.29, 1.82) is 0 Å². The summed E-state index contributed by atoms with van der Waals surface area (Å²) in [6.07, 6.45) is -0.469. The number of nitrogens with one attached hydrogen (secondary N) is 1. The first-order valence-electron chi connectivity index (χ1n) is 9.09. The van der Waals surface area contributed by atoms with E-state index in [4.69, 9.17) is 4.74 Å². The van der Waals surface area contributed by atoms with E-state index in [0.29, 0.717) is 22.3 Å². The molecular weight excluding hydrogens is 393 g/mol. The maximum atomic E-state index is 13.1. The van der Waals surface area contributed by atoms with Crippen LogP contribution in [0.1, 0.15) is 13.3 Å². The smallest absolute Gasteiger partial charge is 0.267 e. The zero-order chi connectivity index (χ0) is 20.4. The van der Waals surface area contributed by atoms with E-state index >= 15 is 0 Å². The number of ether oxygens (including phenoxy) is 1. The van der Waals surface area contributed by atoms with Gasteiger partial charge < -0.3 is 15.0 Å². The van der Waals surface area contributed by atoms with Crippen LogP contribution in [0.25, 0.3) is 11.3 Å². The van der Waals surface area contributed by atoms with E-state index in [-0.39, 0.29) is 30.6 Å². The van der Waals surface area contributed by atoms with E-state index in [1.807, 2.05) is 12.1 Å². The van der Waals surface area contributed by atoms with E-state index in [9.17, 15) is 14.0 Å². The van der Waals surface area contributed by atoms with Crippen molar-refractivity contribution in [3.05, 3.63) is 59.7 Å². The average Bonchev–Trinajstić information content (AvgIpc) is 3.17. The van der Waals surface area contributed by atoms with Crippen molar-refractivity contribution in [3.63, 3.8) is 0 Å². The van der Waals surface area contributed by atoms with Crippen LogP contribution in [-0.4, -0.2) is 29.4 Å². The third-order valence-corrected chi connectivity index (χ3v) is 5.28. The standard InChI is InChI=1S/C21H18FN3O3S/c1-13-20(27)25(17-4-2-3-5-18(17)28-13)11-10-19(26)24-21-23-16(12-29-21)14-6-8-15(22)9-7-14/h2-9,12-13H,10-11H2,1H3,(H,23,24,26)/t13-/m0/s1. The number of carbonyl (C=O) groups is 2. The van der Waals surface area contributed by atoms with Crippen molar-refractivity contribution >= 4 is 34.0 Å². The Balaban J connectivity index is 1.39. The lowest BCUT2D eigenvalue weighted by Gasteiger charge is -2.32. The van der Waals surface area contributed by atoms with Gasteiger partial charge in [0.05, 0.1) is 11.4 Å². The van der Waals surface area contributed by atoms with Crippen LogP contribution >= 0.6 is 11.3 Å². The molecule has 6 nitrogen and oxygen atoms in total. The van der Waals surface area contributed by atoms with Gasteiger partial charge in [0.1, 0.15) is 11.6 Å². The fourth-order valence-corrected chi connectivity index (χ4v) is 3.80. The predicted molar refractivity (Wildman–Crippen MR) is 110 cm³/mol. The Morgan fingerprint density at radius 2 is 2.00 bits per heavy atom. The van der Waals surface area contributed by atoms with Crippen molar-refractivity contribution in [1.82, 2.24) is 4.98 Å². The first kappa shape index (κ1) is 19.1. The molecule has 2 heterocycles. The van der Waals surface area contributed by atoms with E-state index in [1.165, 1.54) is 23.5 Å². The van der Waals surface area contributed by atoms with E-state index < -0.39 is 6.10 Å². The summed E-state index contributed by atoms with van der Waals surface area (Å²) in [6.45, 7) is 1.93. The van der Waals surface area contributed by atoms with Gasteiger partial charge in [0.15, 0.2) is 11.2 Å². The highest BCUT2D eigenvalue weighted by Crippen LogP contribution is 2.33. The van der Waals surface area contributed by atoms with Gasteiger partial charge >= 0.3 is 0 Å². The number of anilines is 2. The molecule has 0 fully saturated rings. The second-order valence-corrected chi connectivity index (χ2v) is 7.42. The molecular formula is C21H18FN3O3S. The number of carbonyl (C=O) groups excluding carboxylic acids is 2. The Kier molecular flexibility index (Phi) is 5.26. The number of aromatic nitrogens is 1. The average molecular weight is 411 g/mol. The summed E-state index contributed by atoms with van der Waals surface area (Å²) in [5.74, 6) is -0.103. The molecule has 0 saturated heterocycles. The van der Waals surface area contributed by atoms with Crippen molar-refractivity contribution in [2.45, 2.75) is 19.4 Å². The number of halogens is 1. The number of amides is 2. The summed E-state index contributed by atoms with van der Waals surface area (Å²) in [5, 5.41) is 5.01. The minimum Gasteiger partial charge on any atom is -0.479 e. The number of fused-ring (bicyclic) bond motifs is 1. The summed E-state index contributed by atoms with van der Waals surface area (Å²) >= 11 is 1.29. The Morgan fingerprint density at radius 1 is 1.24 bits per heavy atom. The highest BCUT2D eigenvalue weighted by molar-refractivity contribution is 7.14. The van der Waals surface area contributed by atoms with Gasteiger partial charge in [0.2, 0.25) is 5.91 Å². The fourth-order valence-electron chi connectivity index (χ4n) is 3.07. The summed E-state index contributed by atoms with van der Waals surface area (Å²) in [7, 11) is 0. The van der Waals surface area contributed by atoms with Crippen LogP contribution in [0.4, 0.5) is 15.2 Å². The van der Waals surface area contributed by atoms with Crippen LogP contribution in [0.5, 0.6) is 5.75 Å². The lowest BCUT2D eigenvalue weighted by atomic mass is 10.1. The Hall–Kier alpha value is -3.26. The Morgan fingerprint density at radius 3 is 2.79 bits per heavy atom. The molecule has 1 aliphatic heterocycles. The molecule has 1 N–H and O–H groups in total. The third-order valence-electron chi connectivity index (χ3n) is 4.53. The van der Waals surface area contributed by atoms with Crippen molar-refractivity contribution < 1.29 is 18.7 Å². The van der Waals surface area contributed by atoms with Crippen LogP contribution in [0.15, 0.2) is 53.9 Å². The number of hydrogen-bond donors (Lipinski definition) is 1. The van der Waals surface area contributed by atoms with Crippen LogP contribution in [0.3, 0.4) is 0 Å². The number of hydrogen-bond acceptors (Lipinski definition) is 5. The Labute approximate surface area is 171 Å². The molecule has 0 spiro atoms. The zero-order valence-corrected chi connectivity index (χ0v) is 16.4. The Bertz CT molecular complexity index is 1050.